The Morgan fingerprint density at radius 2 is 1.48 bits per heavy atom. The molecule has 0 unspecified atom stereocenters. The average molecular weight is 571 g/mol. The molecule has 0 aliphatic rings. The monoisotopic (exact) mass is 570 g/mol. The lowest BCUT2D eigenvalue weighted by atomic mass is 10.1. The van der Waals surface area contributed by atoms with Gasteiger partial charge in [-0.3, -0.25) is 4.79 Å². The molecule has 0 saturated heterocycles. The Hall–Kier alpha value is -2.68. The second-order valence-corrected chi connectivity index (χ2v) is 12.4. The summed E-state index contributed by atoms with van der Waals surface area (Å²) in [5.74, 6) is 0.877. The molecule has 7 nitrogen and oxygen atoms in total. The van der Waals surface area contributed by atoms with Crippen LogP contribution in [0.5, 0.6) is 5.75 Å². The molecule has 1 heterocycles. The largest absolute Gasteiger partial charge is 0.494 e. The van der Waals surface area contributed by atoms with Crippen LogP contribution in [0, 0.1) is 0 Å². The van der Waals surface area contributed by atoms with Crippen LogP contribution >= 0.6 is 0 Å². The fourth-order valence-electron chi connectivity index (χ4n) is 4.71. The molecule has 0 fully saturated rings. The predicted molar refractivity (Wildman–Crippen MR) is 162 cm³/mol. The highest BCUT2D eigenvalue weighted by Gasteiger charge is 2.31. The first-order chi connectivity index (χ1) is 19.3. The van der Waals surface area contributed by atoms with Crippen LogP contribution in [0.15, 0.2) is 57.8 Å². The Bertz CT molecular complexity index is 1290. The number of furan rings is 1. The number of benzene rings is 2. The molecule has 40 heavy (non-hydrogen) atoms. The number of aryl methyl sites for hydroxylation is 1. The number of likely N-dealkylation sites (N-methyl/N-ethyl adjacent to an activating group) is 1. The summed E-state index contributed by atoms with van der Waals surface area (Å²) < 4.78 is 40.2. The second-order valence-electron chi connectivity index (χ2n) is 10.4. The van der Waals surface area contributed by atoms with Gasteiger partial charge in [-0.1, -0.05) is 52.2 Å². The molecule has 0 atom stereocenters. The van der Waals surface area contributed by atoms with E-state index in [2.05, 4.69) is 25.7 Å². The number of unbranched alkanes of at least 4 members (excludes halogenated alkanes) is 3. The Kier molecular flexibility index (Phi) is 12.7. The van der Waals surface area contributed by atoms with Gasteiger partial charge in [-0.15, -0.1) is 0 Å². The van der Waals surface area contributed by atoms with E-state index in [1.165, 1.54) is 32.7 Å². The van der Waals surface area contributed by atoms with Gasteiger partial charge in [-0.25, -0.2) is 8.42 Å². The molecule has 0 aliphatic carbocycles. The van der Waals surface area contributed by atoms with Crippen molar-refractivity contribution in [3.05, 3.63) is 59.9 Å². The summed E-state index contributed by atoms with van der Waals surface area (Å²) in [5.41, 5.74) is 0.986. The van der Waals surface area contributed by atoms with Crippen molar-refractivity contribution >= 4 is 26.8 Å². The molecule has 0 saturated carbocycles. The van der Waals surface area contributed by atoms with Gasteiger partial charge in [0.2, 0.25) is 10.0 Å². The Labute approximate surface area is 240 Å². The summed E-state index contributed by atoms with van der Waals surface area (Å²) in [6.07, 6.45) is 8.04. The van der Waals surface area contributed by atoms with E-state index in [9.17, 15) is 13.2 Å². The molecule has 3 aromatic rings. The minimum atomic E-state index is -3.94. The average Bonchev–Trinajstić information content (AvgIpc) is 3.34. The molecule has 0 spiro atoms. The third-order valence-corrected chi connectivity index (χ3v) is 9.04. The molecular weight excluding hydrogens is 524 g/mol. The molecule has 0 N–H and O–H groups in total. The van der Waals surface area contributed by atoms with Crippen LogP contribution in [0.2, 0.25) is 0 Å². The first-order valence-electron chi connectivity index (χ1n) is 14.8. The van der Waals surface area contributed by atoms with Crippen molar-refractivity contribution < 1.29 is 22.4 Å². The van der Waals surface area contributed by atoms with E-state index in [0.717, 1.165) is 43.2 Å². The van der Waals surface area contributed by atoms with Crippen molar-refractivity contribution in [2.24, 2.45) is 0 Å². The lowest BCUT2D eigenvalue weighted by Crippen LogP contribution is -2.32. The van der Waals surface area contributed by atoms with Crippen LogP contribution in [-0.2, 0) is 16.4 Å². The number of carbonyl (C=O) groups excluding carboxylic acids is 1. The lowest BCUT2D eigenvalue weighted by molar-refractivity contribution is 0.0972. The van der Waals surface area contributed by atoms with E-state index in [1.807, 2.05) is 6.07 Å². The predicted octanol–water partition coefficient (Wildman–Crippen LogP) is 6.95. The van der Waals surface area contributed by atoms with Gasteiger partial charge in [0.15, 0.2) is 5.78 Å². The van der Waals surface area contributed by atoms with E-state index in [0.29, 0.717) is 41.1 Å². The summed E-state index contributed by atoms with van der Waals surface area (Å²) in [6.45, 7) is 10.1. The van der Waals surface area contributed by atoms with Gasteiger partial charge >= 0.3 is 0 Å². The number of nitrogens with zero attached hydrogens (tertiary/aromatic N) is 2. The maximum atomic E-state index is 13.6. The topological polar surface area (TPSA) is 80.1 Å². The fraction of sp³-hybridized carbons (Fsp3) is 0.531. The zero-order valence-corrected chi connectivity index (χ0v) is 25.5. The quantitative estimate of drug-likeness (QED) is 0.115. The van der Waals surface area contributed by atoms with Gasteiger partial charge in [0.1, 0.15) is 22.0 Å². The number of para-hydroxylation sites is 1. The molecule has 3 rings (SSSR count). The maximum absolute atomic E-state index is 13.6. The summed E-state index contributed by atoms with van der Waals surface area (Å²) in [5, 5.41) is 0.549. The van der Waals surface area contributed by atoms with E-state index in [1.54, 1.807) is 42.5 Å². The van der Waals surface area contributed by atoms with Gasteiger partial charge in [0.05, 0.1) is 13.2 Å². The van der Waals surface area contributed by atoms with Gasteiger partial charge in [0, 0.05) is 31.0 Å². The van der Waals surface area contributed by atoms with E-state index < -0.39 is 10.0 Å². The number of ether oxygens (including phenoxy) is 1. The standard InChI is InChI=1S/C32H46N2O5S/c1-5-8-15-31-32(28-14-11-12-16-30(28)39-31)40(36,37)33(4)25-29(35)26-17-19-27(20-18-26)38-24-13-23-34(21-9-6-2)22-10-7-3/h11-12,14,16-20H,5-10,13,15,21-25H2,1-4H3. The number of hydrogen-bond acceptors (Lipinski definition) is 6. The lowest BCUT2D eigenvalue weighted by Gasteiger charge is -2.21. The molecule has 220 valence electrons. The third kappa shape index (κ3) is 8.66. The van der Waals surface area contributed by atoms with Crippen LogP contribution in [0.25, 0.3) is 11.0 Å². The van der Waals surface area contributed by atoms with E-state index >= 15 is 0 Å². The number of sulfonamides is 1. The first-order valence-corrected chi connectivity index (χ1v) is 16.2. The number of ketones is 1. The zero-order valence-electron chi connectivity index (χ0n) is 24.7. The van der Waals surface area contributed by atoms with Gasteiger partial charge in [-0.05, 0) is 75.2 Å². The molecule has 0 aliphatic heterocycles. The number of Topliss-reactive ketones (excluding diaryl/α,β-unsaturated/α-hetero) is 1. The molecule has 0 bridgehead atoms. The number of carbonyl (C=O) groups is 1. The van der Waals surface area contributed by atoms with Crippen molar-refractivity contribution in [3.8, 4) is 5.75 Å². The van der Waals surface area contributed by atoms with E-state index in [4.69, 9.17) is 9.15 Å². The van der Waals surface area contributed by atoms with Gasteiger partial charge < -0.3 is 14.1 Å². The molecule has 0 amide bonds. The van der Waals surface area contributed by atoms with Crippen molar-refractivity contribution in [3.63, 3.8) is 0 Å². The smallest absolute Gasteiger partial charge is 0.247 e. The van der Waals surface area contributed by atoms with Crippen molar-refractivity contribution in [2.75, 3.05) is 39.8 Å². The fourth-order valence-corrected chi connectivity index (χ4v) is 6.18. The number of hydrogen-bond donors (Lipinski definition) is 0. The normalized spacial score (nSPS) is 12.1. The van der Waals surface area contributed by atoms with Crippen molar-refractivity contribution in [1.82, 2.24) is 9.21 Å². The van der Waals surface area contributed by atoms with Gasteiger partial charge in [0.25, 0.3) is 0 Å². The minimum Gasteiger partial charge on any atom is -0.494 e. The molecule has 2 aromatic carbocycles. The Balaban J connectivity index is 1.59. The zero-order chi connectivity index (χ0) is 29.0. The highest BCUT2D eigenvalue weighted by molar-refractivity contribution is 7.89. The van der Waals surface area contributed by atoms with Crippen LogP contribution in [-0.4, -0.2) is 63.2 Å². The number of fused-ring (bicyclic) bond motifs is 1. The summed E-state index contributed by atoms with van der Waals surface area (Å²) >= 11 is 0. The first kappa shape index (κ1) is 31.8. The number of rotatable bonds is 19. The van der Waals surface area contributed by atoms with Crippen molar-refractivity contribution in [1.29, 1.82) is 0 Å². The highest BCUT2D eigenvalue weighted by Crippen LogP contribution is 2.33. The third-order valence-electron chi connectivity index (χ3n) is 7.13. The Morgan fingerprint density at radius 3 is 2.12 bits per heavy atom. The second kappa shape index (κ2) is 15.9. The van der Waals surface area contributed by atoms with Crippen LogP contribution in [0.4, 0.5) is 0 Å². The van der Waals surface area contributed by atoms with Crippen LogP contribution < -0.4 is 4.74 Å². The summed E-state index contributed by atoms with van der Waals surface area (Å²) in [7, 11) is -2.49. The molecular formula is C32H46N2O5S. The highest BCUT2D eigenvalue weighted by atomic mass is 32.2. The van der Waals surface area contributed by atoms with E-state index in [-0.39, 0.29) is 17.2 Å². The van der Waals surface area contributed by atoms with Gasteiger partial charge in [-0.2, -0.15) is 4.31 Å². The van der Waals surface area contributed by atoms with Crippen LogP contribution in [0.1, 0.15) is 81.8 Å². The SMILES string of the molecule is CCCCc1oc2ccccc2c1S(=O)(=O)N(C)CC(=O)c1ccc(OCCCN(CCCC)CCCC)cc1. The van der Waals surface area contributed by atoms with Crippen molar-refractivity contribution in [2.45, 2.75) is 77.0 Å². The minimum absolute atomic E-state index is 0.165. The molecule has 1 aromatic heterocycles. The molecule has 8 heteroatoms. The Morgan fingerprint density at radius 1 is 0.850 bits per heavy atom. The maximum Gasteiger partial charge on any atom is 0.247 e. The summed E-state index contributed by atoms with van der Waals surface area (Å²) in [4.78, 5) is 15.7. The summed E-state index contributed by atoms with van der Waals surface area (Å²) in [6, 6.07) is 14.1. The molecule has 0 radical (unpaired) electrons. The van der Waals surface area contributed by atoms with Crippen LogP contribution in [0.3, 0.4) is 0 Å².